The van der Waals surface area contributed by atoms with Gasteiger partial charge in [0.2, 0.25) is 0 Å². The molecule has 1 N–H and O–H groups in total. The summed E-state index contributed by atoms with van der Waals surface area (Å²) in [5.74, 6) is 0.272. The van der Waals surface area contributed by atoms with Crippen molar-refractivity contribution in [1.82, 2.24) is 14.9 Å². The molecule has 2 rings (SSSR count). The van der Waals surface area contributed by atoms with Gasteiger partial charge in [-0.15, -0.1) is 0 Å². The lowest BCUT2D eigenvalue weighted by atomic mass is 10.1. The van der Waals surface area contributed by atoms with E-state index in [1.165, 1.54) is 24.2 Å². The first-order valence-electron chi connectivity index (χ1n) is 5.58. The normalized spacial score (nSPS) is 18.7. The quantitative estimate of drug-likeness (QED) is 0.634. The zero-order chi connectivity index (χ0) is 13.1. The lowest BCUT2D eigenvalue weighted by Crippen LogP contribution is -2.36. The van der Waals surface area contributed by atoms with Gasteiger partial charge in [0.1, 0.15) is 6.04 Å². The van der Waals surface area contributed by atoms with Crippen molar-refractivity contribution in [1.29, 1.82) is 0 Å². The third kappa shape index (κ3) is 2.37. The zero-order valence-corrected chi connectivity index (χ0v) is 9.91. The summed E-state index contributed by atoms with van der Waals surface area (Å²) >= 11 is 0. The molecule has 1 amide bonds. The highest BCUT2D eigenvalue weighted by Crippen LogP contribution is 2.23. The van der Waals surface area contributed by atoms with E-state index >= 15 is 0 Å². The van der Waals surface area contributed by atoms with Crippen LogP contribution >= 0.6 is 0 Å². The molecule has 6 nitrogen and oxygen atoms in total. The van der Waals surface area contributed by atoms with Gasteiger partial charge in [-0.05, 0) is 13.3 Å². The maximum Gasteiger partial charge on any atom is 0.408 e. The van der Waals surface area contributed by atoms with Crippen LogP contribution in [-0.2, 0) is 0 Å². The van der Waals surface area contributed by atoms with E-state index in [9.17, 15) is 9.59 Å². The molecule has 0 saturated carbocycles. The summed E-state index contributed by atoms with van der Waals surface area (Å²) in [6.45, 7) is 1.86. The maximum atomic E-state index is 11.1. The molecule has 6 heteroatoms. The Morgan fingerprint density at radius 2 is 2.06 bits per heavy atom. The fourth-order valence-corrected chi connectivity index (χ4v) is 1.79. The number of carboxylic acid groups (broad SMARTS) is 1. The standard InChI is InChI=1S/C12H13N3O3/c1-8(16)9-6-13-11(14-7-9)10-4-2-3-5-15(10)12(17)18/h2,4,6-7,10H,3,5H2,1H3,(H,17,18). The van der Waals surface area contributed by atoms with E-state index in [-0.39, 0.29) is 5.78 Å². The van der Waals surface area contributed by atoms with E-state index in [0.717, 1.165) is 0 Å². The Morgan fingerprint density at radius 1 is 1.39 bits per heavy atom. The lowest BCUT2D eigenvalue weighted by Gasteiger charge is -2.28. The maximum absolute atomic E-state index is 11.1. The molecule has 0 aliphatic carbocycles. The number of hydrogen-bond donors (Lipinski definition) is 1. The van der Waals surface area contributed by atoms with Crippen molar-refractivity contribution in [3.63, 3.8) is 0 Å². The largest absolute Gasteiger partial charge is 0.465 e. The molecule has 1 aromatic rings. The highest BCUT2D eigenvalue weighted by atomic mass is 16.4. The Balaban J connectivity index is 2.28. The highest BCUT2D eigenvalue weighted by Gasteiger charge is 2.26. The predicted octanol–water partition coefficient (Wildman–Crippen LogP) is 1.66. The van der Waals surface area contributed by atoms with E-state index in [1.54, 1.807) is 6.08 Å². The van der Waals surface area contributed by atoms with Crippen LogP contribution in [-0.4, -0.2) is 38.4 Å². The minimum Gasteiger partial charge on any atom is -0.465 e. The molecular weight excluding hydrogens is 234 g/mol. The summed E-state index contributed by atoms with van der Waals surface area (Å²) in [4.78, 5) is 31.6. The molecule has 1 atom stereocenters. The van der Waals surface area contributed by atoms with Crippen LogP contribution in [0.25, 0.3) is 0 Å². The molecule has 1 aromatic heterocycles. The molecule has 0 radical (unpaired) electrons. The van der Waals surface area contributed by atoms with E-state index < -0.39 is 12.1 Å². The summed E-state index contributed by atoms with van der Waals surface area (Å²) in [6, 6.07) is -0.475. The van der Waals surface area contributed by atoms with E-state index in [2.05, 4.69) is 9.97 Å². The number of carbonyl (C=O) groups is 2. The predicted molar refractivity (Wildman–Crippen MR) is 63.3 cm³/mol. The third-order valence-corrected chi connectivity index (χ3v) is 2.78. The summed E-state index contributed by atoms with van der Waals surface area (Å²) < 4.78 is 0. The Kier molecular flexibility index (Phi) is 3.36. The van der Waals surface area contributed by atoms with Crippen molar-refractivity contribution in [2.24, 2.45) is 0 Å². The number of hydrogen-bond acceptors (Lipinski definition) is 4. The molecule has 0 bridgehead atoms. The van der Waals surface area contributed by atoms with Gasteiger partial charge >= 0.3 is 6.09 Å². The number of ketones is 1. The molecule has 1 aliphatic rings. The van der Waals surface area contributed by atoms with Crippen LogP contribution in [0, 0.1) is 0 Å². The zero-order valence-electron chi connectivity index (χ0n) is 9.91. The van der Waals surface area contributed by atoms with Crippen LogP contribution in [0.5, 0.6) is 0 Å². The van der Waals surface area contributed by atoms with Crippen LogP contribution in [0.15, 0.2) is 24.5 Å². The molecule has 1 unspecified atom stereocenters. The average Bonchev–Trinajstić information content (AvgIpc) is 2.39. The molecule has 0 spiro atoms. The van der Waals surface area contributed by atoms with E-state index in [0.29, 0.717) is 24.4 Å². The molecule has 0 fully saturated rings. The van der Waals surface area contributed by atoms with Crippen molar-refractivity contribution < 1.29 is 14.7 Å². The van der Waals surface area contributed by atoms with Crippen molar-refractivity contribution in [3.05, 3.63) is 35.9 Å². The van der Waals surface area contributed by atoms with Gasteiger partial charge in [-0.2, -0.15) is 0 Å². The van der Waals surface area contributed by atoms with Gasteiger partial charge in [-0.3, -0.25) is 9.69 Å². The minimum atomic E-state index is -0.997. The topological polar surface area (TPSA) is 83.4 Å². The van der Waals surface area contributed by atoms with Crippen molar-refractivity contribution >= 4 is 11.9 Å². The Hall–Kier alpha value is -2.24. The van der Waals surface area contributed by atoms with Gasteiger partial charge in [0.25, 0.3) is 0 Å². The minimum absolute atomic E-state index is 0.115. The van der Waals surface area contributed by atoms with Gasteiger partial charge in [-0.25, -0.2) is 14.8 Å². The molecule has 94 valence electrons. The van der Waals surface area contributed by atoms with E-state index in [1.807, 2.05) is 6.08 Å². The second-order valence-electron chi connectivity index (χ2n) is 4.02. The van der Waals surface area contributed by atoms with Crippen LogP contribution in [0.4, 0.5) is 4.79 Å². The second kappa shape index (κ2) is 4.95. The summed E-state index contributed by atoms with van der Waals surface area (Å²) in [6.07, 6.45) is 6.21. The van der Waals surface area contributed by atoms with Gasteiger partial charge in [0, 0.05) is 18.9 Å². The molecule has 2 heterocycles. The first-order chi connectivity index (χ1) is 8.59. The van der Waals surface area contributed by atoms with Gasteiger partial charge < -0.3 is 5.11 Å². The van der Waals surface area contributed by atoms with Crippen molar-refractivity contribution in [2.45, 2.75) is 19.4 Å². The SMILES string of the molecule is CC(=O)c1cnc(C2C=CCCN2C(=O)O)nc1. The molecule has 18 heavy (non-hydrogen) atoms. The smallest absolute Gasteiger partial charge is 0.408 e. The summed E-state index contributed by atoms with van der Waals surface area (Å²) in [5, 5.41) is 9.10. The van der Waals surface area contributed by atoms with Crippen LogP contribution in [0.3, 0.4) is 0 Å². The molecule has 0 saturated heterocycles. The molecule has 1 aliphatic heterocycles. The second-order valence-corrected chi connectivity index (χ2v) is 4.02. The van der Waals surface area contributed by atoms with Crippen LogP contribution < -0.4 is 0 Å². The first kappa shape index (κ1) is 12.2. The summed E-state index contributed by atoms with van der Waals surface area (Å²) in [7, 11) is 0. The number of carbonyl (C=O) groups excluding carboxylic acids is 1. The van der Waals surface area contributed by atoms with Crippen molar-refractivity contribution in [2.75, 3.05) is 6.54 Å². The average molecular weight is 247 g/mol. The Morgan fingerprint density at radius 3 is 2.61 bits per heavy atom. The Labute approximate surface area is 104 Å². The number of aromatic nitrogens is 2. The van der Waals surface area contributed by atoms with Gasteiger partial charge in [-0.1, -0.05) is 12.2 Å². The van der Waals surface area contributed by atoms with Gasteiger partial charge in [0.05, 0.1) is 5.56 Å². The molecule has 0 aromatic carbocycles. The van der Waals surface area contributed by atoms with Gasteiger partial charge in [0.15, 0.2) is 11.6 Å². The van der Waals surface area contributed by atoms with Crippen molar-refractivity contribution in [3.8, 4) is 0 Å². The highest BCUT2D eigenvalue weighted by molar-refractivity contribution is 5.93. The third-order valence-electron chi connectivity index (χ3n) is 2.78. The Bertz CT molecular complexity index is 496. The number of nitrogens with zero attached hydrogens (tertiary/aromatic N) is 3. The fourth-order valence-electron chi connectivity index (χ4n) is 1.79. The molecular formula is C12H13N3O3. The fraction of sp³-hybridized carbons (Fsp3) is 0.333. The lowest BCUT2D eigenvalue weighted by molar-refractivity contribution is 0.101. The van der Waals surface area contributed by atoms with E-state index in [4.69, 9.17) is 5.11 Å². The number of amides is 1. The first-order valence-corrected chi connectivity index (χ1v) is 5.58. The number of rotatable bonds is 2. The monoisotopic (exact) mass is 247 g/mol. The van der Waals surface area contributed by atoms with Crippen LogP contribution in [0.1, 0.15) is 35.6 Å². The van der Waals surface area contributed by atoms with Crippen LogP contribution in [0.2, 0.25) is 0 Å². The number of Topliss-reactive ketones (excluding diaryl/α,β-unsaturated/α-hetero) is 1. The summed E-state index contributed by atoms with van der Waals surface area (Å²) in [5.41, 5.74) is 0.417.